The van der Waals surface area contributed by atoms with Gasteiger partial charge in [-0.3, -0.25) is 0 Å². The van der Waals surface area contributed by atoms with Crippen molar-refractivity contribution in [3.05, 3.63) is 0 Å². The van der Waals surface area contributed by atoms with E-state index in [2.05, 4.69) is 13.8 Å². The van der Waals surface area contributed by atoms with Crippen LogP contribution in [0.5, 0.6) is 0 Å². The van der Waals surface area contributed by atoms with Gasteiger partial charge >= 0.3 is 8.56 Å². The lowest BCUT2D eigenvalue weighted by Gasteiger charge is -2.44. The van der Waals surface area contributed by atoms with Crippen LogP contribution in [0.4, 0.5) is 0 Å². The molecule has 1 saturated heterocycles. The first kappa shape index (κ1) is 16.2. The van der Waals surface area contributed by atoms with Crippen LogP contribution in [-0.2, 0) is 8.85 Å². The Balaban J connectivity index is 2.75. The zero-order valence-corrected chi connectivity index (χ0v) is 13.8. The lowest BCUT2D eigenvalue weighted by atomic mass is 10.0. The van der Waals surface area contributed by atoms with Crippen LogP contribution in [0.15, 0.2) is 0 Å². The second-order valence-electron chi connectivity index (χ2n) is 5.74. The molecular formula is C15H32O2Si. The molecule has 1 rings (SSSR count). The van der Waals surface area contributed by atoms with Crippen LogP contribution < -0.4 is 0 Å². The van der Waals surface area contributed by atoms with E-state index in [1.165, 1.54) is 57.8 Å². The van der Waals surface area contributed by atoms with Gasteiger partial charge in [-0.1, -0.05) is 46.0 Å². The summed E-state index contributed by atoms with van der Waals surface area (Å²) in [4.78, 5) is 0. The van der Waals surface area contributed by atoms with Crippen LogP contribution in [0.1, 0.15) is 71.6 Å². The van der Waals surface area contributed by atoms with Gasteiger partial charge in [-0.15, -0.1) is 0 Å². The minimum Gasteiger partial charge on any atom is -0.397 e. The van der Waals surface area contributed by atoms with E-state index < -0.39 is 8.56 Å². The largest absolute Gasteiger partial charge is 0.397 e. The molecule has 1 fully saturated rings. The molecule has 2 atom stereocenters. The minimum atomic E-state index is -1.96. The molecule has 0 aromatic rings. The highest BCUT2D eigenvalue weighted by molar-refractivity contribution is 6.70. The highest BCUT2D eigenvalue weighted by Gasteiger charge is 2.52. The molecular weight excluding hydrogens is 240 g/mol. The van der Waals surface area contributed by atoms with E-state index in [1.54, 1.807) is 0 Å². The molecule has 0 spiro atoms. The van der Waals surface area contributed by atoms with Crippen molar-refractivity contribution in [2.75, 3.05) is 14.2 Å². The van der Waals surface area contributed by atoms with E-state index in [4.69, 9.17) is 8.85 Å². The summed E-state index contributed by atoms with van der Waals surface area (Å²) in [5, 5.41) is 0. The summed E-state index contributed by atoms with van der Waals surface area (Å²) in [6, 6.07) is 0. The summed E-state index contributed by atoms with van der Waals surface area (Å²) in [7, 11) is 1.84. The van der Waals surface area contributed by atoms with E-state index in [0.29, 0.717) is 0 Å². The Morgan fingerprint density at radius 3 is 1.67 bits per heavy atom. The molecule has 0 N–H and O–H groups in total. The Hall–Kier alpha value is 0.137. The first-order valence-electron chi connectivity index (χ1n) is 7.85. The molecule has 1 aliphatic rings. The van der Waals surface area contributed by atoms with Crippen molar-refractivity contribution >= 4 is 8.56 Å². The zero-order valence-electron chi connectivity index (χ0n) is 12.8. The molecule has 0 bridgehead atoms. The van der Waals surface area contributed by atoms with Gasteiger partial charge in [0.25, 0.3) is 0 Å². The number of rotatable bonds is 8. The third-order valence-corrected chi connectivity index (χ3v) is 9.40. The van der Waals surface area contributed by atoms with Gasteiger partial charge in [0.2, 0.25) is 0 Å². The van der Waals surface area contributed by atoms with Gasteiger partial charge < -0.3 is 8.85 Å². The zero-order chi connectivity index (χ0) is 13.4. The minimum absolute atomic E-state index is 0.725. The SMILES string of the molecule is CCCCC1CCCC(CCCC)[Si]1(OC)OC. The van der Waals surface area contributed by atoms with Gasteiger partial charge in [0.1, 0.15) is 0 Å². The fourth-order valence-electron chi connectivity index (χ4n) is 3.69. The predicted molar refractivity (Wildman–Crippen MR) is 80.2 cm³/mol. The molecule has 0 aliphatic carbocycles. The molecule has 1 heterocycles. The van der Waals surface area contributed by atoms with Gasteiger partial charge in [-0.05, 0) is 25.7 Å². The normalized spacial score (nSPS) is 27.3. The average molecular weight is 273 g/mol. The fraction of sp³-hybridized carbons (Fsp3) is 1.00. The Kier molecular flexibility index (Phi) is 7.50. The molecule has 0 aromatic heterocycles. The Morgan fingerprint density at radius 2 is 1.33 bits per heavy atom. The molecule has 108 valence electrons. The maximum atomic E-state index is 6.06. The molecule has 2 unspecified atom stereocenters. The van der Waals surface area contributed by atoms with Crippen molar-refractivity contribution in [2.45, 2.75) is 82.7 Å². The smallest absolute Gasteiger partial charge is 0.344 e. The van der Waals surface area contributed by atoms with Gasteiger partial charge in [0, 0.05) is 25.3 Å². The maximum absolute atomic E-state index is 6.06. The van der Waals surface area contributed by atoms with Crippen molar-refractivity contribution in [3.63, 3.8) is 0 Å². The van der Waals surface area contributed by atoms with Crippen LogP contribution in [-0.4, -0.2) is 22.8 Å². The Morgan fingerprint density at radius 1 is 0.889 bits per heavy atom. The first-order chi connectivity index (χ1) is 8.75. The van der Waals surface area contributed by atoms with Crippen molar-refractivity contribution in [1.82, 2.24) is 0 Å². The van der Waals surface area contributed by atoms with Crippen molar-refractivity contribution in [2.24, 2.45) is 0 Å². The lowest BCUT2D eigenvalue weighted by Crippen LogP contribution is -2.51. The summed E-state index contributed by atoms with van der Waals surface area (Å²) >= 11 is 0. The van der Waals surface area contributed by atoms with E-state index in [-0.39, 0.29) is 0 Å². The third kappa shape index (κ3) is 3.58. The highest BCUT2D eigenvalue weighted by atomic mass is 28.4. The first-order valence-corrected chi connectivity index (χ1v) is 9.82. The van der Waals surface area contributed by atoms with E-state index in [0.717, 1.165) is 11.1 Å². The molecule has 1 aliphatic heterocycles. The molecule has 3 heteroatoms. The lowest BCUT2D eigenvalue weighted by molar-refractivity contribution is 0.190. The van der Waals surface area contributed by atoms with E-state index in [1.807, 2.05) is 14.2 Å². The highest BCUT2D eigenvalue weighted by Crippen LogP contribution is 2.49. The number of unbranched alkanes of at least 4 members (excludes halogenated alkanes) is 2. The fourth-order valence-corrected chi connectivity index (χ4v) is 8.28. The Labute approximate surface area is 115 Å². The van der Waals surface area contributed by atoms with Gasteiger partial charge in [0.15, 0.2) is 0 Å². The maximum Gasteiger partial charge on any atom is 0.344 e. The third-order valence-electron chi connectivity index (χ3n) is 4.69. The molecule has 0 saturated carbocycles. The standard InChI is InChI=1S/C15H32O2Si/c1-5-7-10-14-12-9-13-15(11-8-6-2)18(14,16-3)17-4/h14-15H,5-13H2,1-4H3. The summed E-state index contributed by atoms with van der Waals surface area (Å²) in [5.74, 6) is 0. The summed E-state index contributed by atoms with van der Waals surface area (Å²) < 4.78 is 12.1. The molecule has 0 amide bonds. The second-order valence-corrected chi connectivity index (χ2v) is 9.63. The second kappa shape index (κ2) is 8.34. The summed E-state index contributed by atoms with van der Waals surface area (Å²) in [6.45, 7) is 4.56. The van der Waals surface area contributed by atoms with Crippen LogP contribution >= 0.6 is 0 Å². The monoisotopic (exact) mass is 272 g/mol. The molecule has 18 heavy (non-hydrogen) atoms. The van der Waals surface area contributed by atoms with Crippen LogP contribution in [0.3, 0.4) is 0 Å². The molecule has 0 aromatic carbocycles. The van der Waals surface area contributed by atoms with Crippen molar-refractivity contribution in [3.8, 4) is 0 Å². The van der Waals surface area contributed by atoms with Gasteiger partial charge in [-0.2, -0.15) is 0 Å². The van der Waals surface area contributed by atoms with Crippen LogP contribution in [0, 0.1) is 0 Å². The topological polar surface area (TPSA) is 18.5 Å². The van der Waals surface area contributed by atoms with Crippen molar-refractivity contribution < 1.29 is 8.85 Å². The van der Waals surface area contributed by atoms with Gasteiger partial charge in [0.05, 0.1) is 0 Å². The van der Waals surface area contributed by atoms with E-state index >= 15 is 0 Å². The summed E-state index contributed by atoms with van der Waals surface area (Å²) in [5.41, 5.74) is 1.45. The molecule has 2 nitrogen and oxygen atoms in total. The van der Waals surface area contributed by atoms with Gasteiger partial charge in [-0.25, -0.2) is 0 Å². The van der Waals surface area contributed by atoms with Crippen LogP contribution in [0.25, 0.3) is 0 Å². The summed E-state index contributed by atoms with van der Waals surface area (Å²) in [6.07, 6.45) is 11.9. The number of hydrogen-bond acceptors (Lipinski definition) is 2. The molecule has 0 radical (unpaired) electrons. The number of hydrogen-bond donors (Lipinski definition) is 0. The van der Waals surface area contributed by atoms with E-state index in [9.17, 15) is 0 Å². The Bertz CT molecular complexity index is 199. The predicted octanol–water partition coefficient (Wildman–Crippen LogP) is 5.03. The van der Waals surface area contributed by atoms with Crippen molar-refractivity contribution in [1.29, 1.82) is 0 Å². The van der Waals surface area contributed by atoms with Crippen LogP contribution in [0.2, 0.25) is 11.1 Å². The average Bonchev–Trinajstić information content (AvgIpc) is 2.42. The quantitative estimate of drug-likeness (QED) is 0.577.